The summed E-state index contributed by atoms with van der Waals surface area (Å²) in [4.78, 5) is 15.0. The molecule has 1 amide bonds. The van der Waals surface area contributed by atoms with E-state index in [9.17, 15) is 4.79 Å². The minimum absolute atomic E-state index is 0.118. The van der Waals surface area contributed by atoms with Crippen molar-refractivity contribution >= 4 is 5.91 Å². The summed E-state index contributed by atoms with van der Waals surface area (Å²) in [5.41, 5.74) is -0.318. The van der Waals surface area contributed by atoms with Gasteiger partial charge in [0, 0.05) is 13.1 Å². The van der Waals surface area contributed by atoms with E-state index >= 15 is 0 Å². The first-order chi connectivity index (χ1) is 8.99. The van der Waals surface area contributed by atoms with Gasteiger partial charge in [-0.1, -0.05) is 13.3 Å². The average molecular weight is 268 g/mol. The molecule has 0 bridgehead atoms. The third kappa shape index (κ3) is 3.29. The second-order valence-electron chi connectivity index (χ2n) is 6.62. The molecule has 0 aromatic rings. The molecule has 1 N–H and O–H groups in total. The molecule has 2 aliphatic heterocycles. The van der Waals surface area contributed by atoms with Crippen LogP contribution in [-0.4, -0.2) is 49.2 Å². The maximum Gasteiger partial charge on any atom is 0.229 e. The number of piperidine rings is 1. The maximum atomic E-state index is 13.0. The van der Waals surface area contributed by atoms with Gasteiger partial charge in [-0.05, 0) is 46.2 Å². The standard InChI is InChI=1S/C15H28N2O2/c1-4-5-15(6-8-16-9-7-15)13(18)17-10-11-19-14(2,3)12-17/h16H,4-12H2,1-3H3. The zero-order valence-electron chi connectivity index (χ0n) is 12.6. The summed E-state index contributed by atoms with van der Waals surface area (Å²) in [5, 5.41) is 3.38. The van der Waals surface area contributed by atoms with Crippen molar-refractivity contribution in [2.45, 2.75) is 52.1 Å². The Morgan fingerprint density at radius 3 is 2.58 bits per heavy atom. The van der Waals surface area contributed by atoms with Crippen molar-refractivity contribution in [2.24, 2.45) is 5.41 Å². The van der Waals surface area contributed by atoms with E-state index in [1.54, 1.807) is 0 Å². The average Bonchev–Trinajstić information content (AvgIpc) is 2.38. The normalized spacial score (nSPS) is 26.2. The van der Waals surface area contributed by atoms with Crippen LogP contribution in [0.25, 0.3) is 0 Å². The van der Waals surface area contributed by atoms with Crippen molar-refractivity contribution in [1.82, 2.24) is 10.2 Å². The number of nitrogens with zero attached hydrogens (tertiary/aromatic N) is 1. The van der Waals surface area contributed by atoms with E-state index in [2.05, 4.69) is 26.1 Å². The molecule has 2 fully saturated rings. The predicted molar refractivity (Wildman–Crippen MR) is 76.1 cm³/mol. The monoisotopic (exact) mass is 268 g/mol. The molecule has 2 aliphatic rings. The van der Waals surface area contributed by atoms with Crippen molar-refractivity contribution in [2.75, 3.05) is 32.8 Å². The lowest BCUT2D eigenvalue weighted by Crippen LogP contribution is -2.56. The third-order valence-corrected chi connectivity index (χ3v) is 4.46. The maximum absolute atomic E-state index is 13.0. The predicted octanol–water partition coefficient (Wildman–Crippen LogP) is 1.79. The number of carbonyl (C=O) groups is 1. The Labute approximate surface area is 116 Å². The highest BCUT2D eigenvalue weighted by Gasteiger charge is 2.43. The van der Waals surface area contributed by atoms with Gasteiger partial charge < -0.3 is 15.0 Å². The van der Waals surface area contributed by atoms with Crippen LogP contribution in [0, 0.1) is 5.41 Å². The number of hydrogen-bond donors (Lipinski definition) is 1. The summed E-state index contributed by atoms with van der Waals surface area (Å²) in [6.07, 6.45) is 4.07. The number of nitrogens with one attached hydrogen (secondary N) is 1. The Bertz CT molecular complexity index is 317. The Kier molecular flexibility index (Phi) is 4.51. The Morgan fingerprint density at radius 2 is 2.00 bits per heavy atom. The molecule has 2 heterocycles. The molecule has 4 heteroatoms. The molecule has 4 nitrogen and oxygen atoms in total. The molecule has 0 unspecified atom stereocenters. The van der Waals surface area contributed by atoms with Crippen molar-refractivity contribution in [3.63, 3.8) is 0 Å². The first-order valence-electron chi connectivity index (χ1n) is 7.63. The van der Waals surface area contributed by atoms with Crippen LogP contribution in [0.1, 0.15) is 46.5 Å². The SMILES string of the molecule is CCCC1(C(=O)N2CCOC(C)(C)C2)CCNCC1. The fourth-order valence-corrected chi connectivity index (χ4v) is 3.48. The van der Waals surface area contributed by atoms with Gasteiger partial charge in [0.1, 0.15) is 0 Å². The lowest BCUT2D eigenvalue weighted by atomic mass is 9.74. The molecule has 110 valence electrons. The summed E-state index contributed by atoms with van der Waals surface area (Å²) in [7, 11) is 0. The highest BCUT2D eigenvalue weighted by atomic mass is 16.5. The van der Waals surface area contributed by atoms with E-state index < -0.39 is 0 Å². The van der Waals surface area contributed by atoms with Crippen molar-refractivity contribution < 1.29 is 9.53 Å². The largest absolute Gasteiger partial charge is 0.372 e. The van der Waals surface area contributed by atoms with Gasteiger partial charge in [-0.2, -0.15) is 0 Å². The summed E-state index contributed by atoms with van der Waals surface area (Å²) in [5.74, 6) is 0.368. The highest BCUT2D eigenvalue weighted by Crippen LogP contribution is 2.37. The van der Waals surface area contributed by atoms with Crippen molar-refractivity contribution in [3.05, 3.63) is 0 Å². The van der Waals surface area contributed by atoms with Crippen molar-refractivity contribution in [3.8, 4) is 0 Å². The summed E-state index contributed by atoms with van der Waals surface area (Å²) in [6.45, 7) is 10.4. The summed E-state index contributed by atoms with van der Waals surface area (Å²) >= 11 is 0. The number of hydrogen-bond acceptors (Lipinski definition) is 3. The minimum atomic E-state index is -0.200. The van der Waals surface area contributed by atoms with E-state index in [-0.39, 0.29) is 11.0 Å². The van der Waals surface area contributed by atoms with Crippen LogP contribution in [0.15, 0.2) is 0 Å². The van der Waals surface area contributed by atoms with Crippen LogP contribution in [0.3, 0.4) is 0 Å². The third-order valence-electron chi connectivity index (χ3n) is 4.46. The summed E-state index contributed by atoms with van der Waals surface area (Å²) in [6, 6.07) is 0. The number of morpholine rings is 1. The van der Waals surface area contributed by atoms with Gasteiger partial charge in [-0.25, -0.2) is 0 Å². The van der Waals surface area contributed by atoms with E-state index in [1.807, 2.05) is 4.90 Å². The molecule has 0 aliphatic carbocycles. The molecule has 2 saturated heterocycles. The van der Waals surface area contributed by atoms with Gasteiger partial charge in [-0.15, -0.1) is 0 Å². The van der Waals surface area contributed by atoms with Crippen LogP contribution < -0.4 is 5.32 Å². The van der Waals surface area contributed by atoms with Gasteiger partial charge in [-0.3, -0.25) is 4.79 Å². The van der Waals surface area contributed by atoms with Gasteiger partial charge >= 0.3 is 0 Å². The Morgan fingerprint density at radius 1 is 1.32 bits per heavy atom. The molecule has 0 atom stereocenters. The quantitative estimate of drug-likeness (QED) is 0.848. The Hall–Kier alpha value is -0.610. The van der Waals surface area contributed by atoms with E-state index in [0.717, 1.165) is 51.9 Å². The number of ether oxygens (including phenoxy) is 1. The van der Waals surface area contributed by atoms with Crippen LogP contribution in [0.5, 0.6) is 0 Å². The van der Waals surface area contributed by atoms with Gasteiger partial charge in [0.15, 0.2) is 0 Å². The van der Waals surface area contributed by atoms with Crippen LogP contribution in [-0.2, 0) is 9.53 Å². The van der Waals surface area contributed by atoms with E-state index in [4.69, 9.17) is 4.74 Å². The topological polar surface area (TPSA) is 41.6 Å². The van der Waals surface area contributed by atoms with Crippen LogP contribution in [0.4, 0.5) is 0 Å². The molecule has 0 radical (unpaired) electrons. The zero-order valence-corrected chi connectivity index (χ0v) is 12.6. The van der Waals surface area contributed by atoms with E-state index in [1.165, 1.54) is 0 Å². The Balaban J connectivity index is 2.10. The first-order valence-corrected chi connectivity index (χ1v) is 7.63. The fourth-order valence-electron chi connectivity index (χ4n) is 3.48. The smallest absolute Gasteiger partial charge is 0.229 e. The molecule has 19 heavy (non-hydrogen) atoms. The molecule has 0 aromatic heterocycles. The van der Waals surface area contributed by atoms with Crippen molar-refractivity contribution in [1.29, 1.82) is 0 Å². The molecule has 0 spiro atoms. The van der Waals surface area contributed by atoms with E-state index in [0.29, 0.717) is 12.5 Å². The number of amides is 1. The number of carbonyl (C=O) groups excluding carboxylic acids is 1. The molecule has 0 saturated carbocycles. The summed E-state index contributed by atoms with van der Waals surface area (Å²) < 4.78 is 5.72. The van der Waals surface area contributed by atoms with Gasteiger partial charge in [0.2, 0.25) is 5.91 Å². The van der Waals surface area contributed by atoms with Crippen LogP contribution >= 0.6 is 0 Å². The lowest BCUT2D eigenvalue weighted by molar-refractivity contribution is -0.158. The molecular weight excluding hydrogens is 240 g/mol. The van der Waals surface area contributed by atoms with Gasteiger partial charge in [0.25, 0.3) is 0 Å². The second kappa shape index (κ2) is 5.80. The highest BCUT2D eigenvalue weighted by molar-refractivity contribution is 5.83. The molecule has 2 rings (SSSR count). The first kappa shape index (κ1) is 14.8. The minimum Gasteiger partial charge on any atom is -0.372 e. The number of rotatable bonds is 3. The van der Waals surface area contributed by atoms with Gasteiger partial charge in [0.05, 0.1) is 17.6 Å². The zero-order chi connectivity index (χ0) is 13.9. The molecule has 0 aromatic carbocycles. The lowest BCUT2D eigenvalue weighted by Gasteiger charge is -2.44. The second-order valence-corrected chi connectivity index (χ2v) is 6.62. The van der Waals surface area contributed by atoms with Crippen LogP contribution in [0.2, 0.25) is 0 Å². The fraction of sp³-hybridized carbons (Fsp3) is 0.933. The molecular formula is C15H28N2O2.